The summed E-state index contributed by atoms with van der Waals surface area (Å²) in [5, 5.41) is 2.83. The number of hydrogen-bond acceptors (Lipinski definition) is 4. The highest BCUT2D eigenvalue weighted by molar-refractivity contribution is 5.91. The number of nitrogens with one attached hydrogen (secondary N) is 1. The first-order valence-corrected chi connectivity index (χ1v) is 11.6. The summed E-state index contributed by atoms with van der Waals surface area (Å²) in [5.74, 6) is -0.326. The van der Waals surface area contributed by atoms with Gasteiger partial charge in [0, 0.05) is 25.7 Å². The SMILES string of the molecule is CC(C)(C)c1cccc(CCO[C@@H]2OCCN(CC3=CC(=O)NC3)[C@H]2c2ccc(F)cc2)c1. The van der Waals surface area contributed by atoms with Gasteiger partial charge >= 0.3 is 0 Å². The van der Waals surface area contributed by atoms with Crippen LogP contribution in [-0.2, 0) is 26.1 Å². The van der Waals surface area contributed by atoms with E-state index in [-0.39, 0.29) is 23.2 Å². The molecule has 0 radical (unpaired) electrons. The van der Waals surface area contributed by atoms with Crippen molar-refractivity contribution in [2.45, 2.75) is 44.9 Å². The van der Waals surface area contributed by atoms with Crippen molar-refractivity contribution in [3.8, 4) is 0 Å². The molecule has 1 saturated heterocycles. The maximum atomic E-state index is 13.6. The van der Waals surface area contributed by atoms with Gasteiger partial charge in [-0.1, -0.05) is 57.2 Å². The first-order valence-electron chi connectivity index (χ1n) is 11.6. The Hall–Kier alpha value is -2.54. The minimum Gasteiger partial charge on any atom is -0.350 e. The Labute approximate surface area is 195 Å². The van der Waals surface area contributed by atoms with Gasteiger partial charge in [-0.05, 0) is 46.2 Å². The lowest BCUT2D eigenvalue weighted by molar-refractivity contribution is -0.209. The maximum absolute atomic E-state index is 13.6. The van der Waals surface area contributed by atoms with Gasteiger partial charge in [0.15, 0.2) is 6.29 Å². The van der Waals surface area contributed by atoms with E-state index in [9.17, 15) is 9.18 Å². The molecule has 2 atom stereocenters. The number of benzene rings is 2. The normalized spacial score (nSPS) is 21.7. The molecule has 6 heteroatoms. The minimum atomic E-state index is -0.472. The largest absolute Gasteiger partial charge is 0.350 e. The number of nitrogens with zero attached hydrogens (tertiary/aromatic N) is 1. The molecular weight excluding hydrogens is 419 g/mol. The van der Waals surface area contributed by atoms with E-state index >= 15 is 0 Å². The molecule has 2 aliphatic rings. The molecule has 176 valence electrons. The van der Waals surface area contributed by atoms with Gasteiger partial charge in [-0.2, -0.15) is 0 Å². The number of morpholine rings is 1. The van der Waals surface area contributed by atoms with Crippen molar-refractivity contribution in [1.82, 2.24) is 10.2 Å². The van der Waals surface area contributed by atoms with Gasteiger partial charge in [-0.3, -0.25) is 9.69 Å². The first-order chi connectivity index (χ1) is 15.8. The average molecular weight is 453 g/mol. The fourth-order valence-corrected chi connectivity index (χ4v) is 4.37. The number of hydrogen-bond donors (Lipinski definition) is 1. The van der Waals surface area contributed by atoms with Crippen LogP contribution in [0.15, 0.2) is 60.2 Å². The lowest BCUT2D eigenvalue weighted by atomic mass is 9.86. The molecule has 0 saturated carbocycles. The summed E-state index contributed by atoms with van der Waals surface area (Å²) in [6.45, 7) is 9.60. The monoisotopic (exact) mass is 452 g/mol. The van der Waals surface area contributed by atoms with Gasteiger partial charge in [0.05, 0.1) is 19.3 Å². The van der Waals surface area contributed by atoms with E-state index in [1.807, 2.05) is 0 Å². The molecule has 0 aromatic heterocycles. The molecule has 2 aliphatic heterocycles. The molecule has 1 amide bonds. The van der Waals surface area contributed by atoms with Crippen LogP contribution in [0.25, 0.3) is 0 Å². The number of amides is 1. The van der Waals surface area contributed by atoms with Crippen molar-refractivity contribution in [3.05, 3.63) is 82.7 Å². The molecule has 0 bridgehead atoms. The number of rotatable bonds is 7. The first kappa shape index (κ1) is 23.6. The lowest BCUT2D eigenvalue weighted by Crippen LogP contribution is -2.47. The van der Waals surface area contributed by atoms with Crippen LogP contribution in [0.5, 0.6) is 0 Å². The van der Waals surface area contributed by atoms with E-state index in [2.05, 4.69) is 55.3 Å². The fraction of sp³-hybridized carbons (Fsp3) is 0.444. The Balaban J connectivity index is 1.47. The van der Waals surface area contributed by atoms with Crippen molar-refractivity contribution in [1.29, 1.82) is 0 Å². The molecule has 4 rings (SSSR count). The van der Waals surface area contributed by atoms with E-state index in [0.717, 1.165) is 17.6 Å². The fourth-order valence-electron chi connectivity index (χ4n) is 4.37. The Kier molecular flexibility index (Phi) is 7.27. The van der Waals surface area contributed by atoms with Crippen LogP contribution in [0.2, 0.25) is 0 Å². The molecule has 0 spiro atoms. The van der Waals surface area contributed by atoms with E-state index in [1.165, 1.54) is 23.3 Å². The van der Waals surface area contributed by atoms with E-state index < -0.39 is 6.29 Å². The van der Waals surface area contributed by atoms with Gasteiger partial charge < -0.3 is 14.8 Å². The predicted octanol–water partition coefficient (Wildman–Crippen LogP) is 4.14. The highest BCUT2D eigenvalue weighted by Crippen LogP contribution is 2.32. The van der Waals surface area contributed by atoms with Gasteiger partial charge in [0.25, 0.3) is 0 Å². The molecule has 2 aromatic carbocycles. The Morgan fingerprint density at radius 3 is 2.67 bits per heavy atom. The Bertz CT molecular complexity index is 997. The van der Waals surface area contributed by atoms with E-state index in [0.29, 0.717) is 32.8 Å². The summed E-state index contributed by atoms with van der Waals surface area (Å²) in [6.07, 6.45) is 1.97. The van der Waals surface area contributed by atoms with Gasteiger partial charge in [-0.25, -0.2) is 4.39 Å². The standard InChI is InChI=1S/C27H33FN2O3/c1-27(2,3)22-6-4-5-19(15-22)11-13-32-26-25(21-7-9-23(28)10-8-21)30(12-14-33-26)18-20-16-24(31)29-17-20/h4-10,15-16,25-26H,11-14,17-18H2,1-3H3,(H,29,31)/t25-,26+/m0/s1. The van der Waals surface area contributed by atoms with Crippen molar-refractivity contribution >= 4 is 5.91 Å². The number of carbonyl (C=O) groups excluding carboxylic acids is 1. The molecule has 1 fully saturated rings. The minimum absolute atomic E-state index is 0.0538. The van der Waals surface area contributed by atoms with Crippen LogP contribution in [0.4, 0.5) is 4.39 Å². The van der Waals surface area contributed by atoms with Crippen LogP contribution >= 0.6 is 0 Å². The number of carbonyl (C=O) groups is 1. The predicted molar refractivity (Wildman–Crippen MR) is 126 cm³/mol. The summed E-state index contributed by atoms with van der Waals surface area (Å²) in [5.41, 5.74) is 4.61. The van der Waals surface area contributed by atoms with Crippen molar-refractivity contribution < 1.29 is 18.7 Å². The highest BCUT2D eigenvalue weighted by Gasteiger charge is 2.35. The topological polar surface area (TPSA) is 50.8 Å². The van der Waals surface area contributed by atoms with Crippen LogP contribution < -0.4 is 5.32 Å². The van der Waals surface area contributed by atoms with E-state index in [4.69, 9.17) is 9.47 Å². The van der Waals surface area contributed by atoms with Gasteiger partial charge in [0.1, 0.15) is 5.82 Å². The highest BCUT2D eigenvalue weighted by atomic mass is 19.1. The molecule has 2 aromatic rings. The Morgan fingerprint density at radius 1 is 1.18 bits per heavy atom. The third kappa shape index (κ3) is 6.08. The summed E-state index contributed by atoms with van der Waals surface area (Å²) < 4.78 is 25.9. The van der Waals surface area contributed by atoms with Gasteiger partial charge in [-0.15, -0.1) is 0 Å². The third-order valence-electron chi connectivity index (χ3n) is 6.22. The molecule has 33 heavy (non-hydrogen) atoms. The van der Waals surface area contributed by atoms with Crippen molar-refractivity contribution in [2.75, 3.05) is 32.8 Å². The van der Waals surface area contributed by atoms with Gasteiger partial charge in [0.2, 0.25) is 5.91 Å². The van der Waals surface area contributed by atoms with Crippen LogP contribution in [-0.4, -0.2) is 49.9 Å². The molecule has 2 heterocycles. The molecule has 0 aliphatic carbocycles. The van der Waals surface area contributed by atoms with E-state index in [1.54, 1.807) is 18.2 Å². The second-order valence-corrected chi connectivity index (χ2v) is 9.80. The second kappa shape index (κ2) is 10.2. The number of halogens is 1. The van der Waals surface area contributed by atoms with Crippen LogP contribution in [0.1, 0.15) is 43.5 Å². The molecule has 0 unspecified atom stereocenters. The summed E-state index contributed by atoms with van der Waals surface area (Å²) >= 11 is 0. The maximum Gasteiger partial charge on any atom is 0.244 e. The van der Waals surface area contributed by atoms with Crippen molar-refractivity contribution in [3.63, 3.8) is 0 Å². The average Bonchev–Trinajstić information content (AvgIpc) is 3.19. The molecule has 5 nitrogen and oxygen atoms in total. The zero-order valence-electron chi connectivity index (χ0n) is 19.6. The smallest absolute Gasteiger partial charge is 0.244 e. The Morgan fingerprint density at radius 2 is 1.97 bits per heavy atom. The van der Waals surface area contributed by atoms with Crippen LogP contribution in [0.3, 0.4) is 0 Å². The van der Waals surface area contributed by atoms with Crippen LogP contribution in [0, 0.1) is 5.82 Å². The molecule has 1 N–H and O–H groups in total. The lowest BCUT2D eigenvalue weighted by Gasteiger charge is -2.41. The summed E-state index contributed by atoms with van der Waals surface area (Å²) in [4.78, 5) is 13.9. The van der Waals surface area contributed by atoms with Crippen molar-refractivity contribution in [2.24, 2.45) is 0 Å². The molecular formula is C27H33FN2O3. The number of ether oxygens (including phenoxy) is 2. The third-order valence-corrected chi connectivity index (χ3v) is 6.22. The second-order valence-electron chi connectivity index (χ2n) is 9.80. The summed E-state index contributed by atoms with van der Waals surface area (Å²) in [7, 11) is 0. The zero-order valence-corrected chi connectivity index (χ0v) is 19.6. The quantitative estimate of drug-likeness (QED) is 0.686. The summed E-state index contributed by atoms with van der Waals surface area (Å²) in [6, 6.07) is 15.0. The zero-order chi connectivity index (χ0) is 23.4.